The van der Waals surface area contributed by atoms with Crippen LogP contribution in [0.15, 0.2) is 28.9 Å². The summed E-state index contributed by atoms with van der Waals surface area (Å²) in [5, 5.41) is 4.75. The Kier molecular flexibility index (Phi) is 5.32. The summed E-state index contributed by atoms with van der Waals surface area (Å²) >= 11 is 0. The molecule has 0 aliphatic carbocycles. The van der Waals surface area contributed by atoms with Gasteiger partial charge in [-0.25, -0.2) is 22.0 Å². The van der Waals surface area contributed by atoms with E-state index in [4.69, 9.17) is 6.42 Å². The van der Waals surface area contributed by atoms with E-state index in [9.17, 15) is 26.7 Å². The Bertz CT molecular complexity index is 1430. The van der Waals surface area contributed by atoms with Crippen molar-refractivity contribution in [2.75, 3.05) is 5.01 Å². The minimum Gasteiger partial charge on any atom is -0.332 e. The average Bonchev–Trinajstić information content (AvgIpc) is 3.21. The van der Waals surface area contributed by atoms with Crippen molar-refractivity contribution in [1.82, 2.24) is 4.57 Å². The minimum absolute atomic E-state index is 0.0499. The maximum absolute atomic E-state index is 14.3. The fraction of sp³-hybridized carbons (Fsp3) is 0.167. The standard InChI is InChI=1S/C24H16F5N3O/c1-5-9-31-13(4)16(14-8-6-7-11(2)22(14)31)10-15-12(3)30-32(24(15)33)23-20(28)18(26)17(25)19(27)21(23)29/h1,6-8,10H,9H2,2-4H3/b15-10+. The first-order valence-corrected chi connectivity index (χ1v) is 9.75. The van der Waals surface area contributed by atoms with Gasteiger partial charge in [-0.3, -0.25) is 4.79 Å². The van der Waals surface area contributed by atoms with Gasteiger partial charge in [0.05, 0.1) is 23.3 Å². The lowest BCUT2D eigenvalue weighted by molar-refractivity contribution is -0.114. The molecule has 9 heteroatoms. The molecular weight excluding hydrogens is 441 g/mol. The molecule has 168 valence electrons. The Morgan fingerprint density at radius 1 is 1.00 bits per heavy atom. The van der Waals surface area contributed by atoms with Crippen molar-refractivity contribution in [2.45, 2.75) is 27.3 Å². The predicted octanol–water partition coefficient (Wildman–Crippen LogP) is 5.39. The number of terminal acetylenes is 1. The summed E-state index contributed by atoms with van der Waals surface area (Å²) in [6.07, 6.45) is 6.99. The molecule has 0 bridgehead atoms. The van der Waals surface area contributed by atoms with Crippen molar-refractivity contribution in [3.8, 4) is 12.3 Å². The molecule has 0 spiro atoms. The fourth-order valence-electron chi connectivity index (χ4n) is 3.97. The average molecular weight is 457 g/mol. The molecule has 0 saturated heterocycles. The second kappa shape index (κ2) is 7.89. The highest BCUT2D eigenvalue weighted by Gasteiger charge is 2.37. The van der Waals surface area contributed by atoms with Crippen LogP contribution in [0.1, 0.15) is 23.7 Å². The van der Waals surface area contributed by atoms with Crippen LogP contribution in [0.3, 0.4) is 0 Å². The molecule has 0 radical (unpaired) electrons. The Morgan fingerprint density at radius 3 is 2.21 bits per heavy atom. The monoisotopic (exact) mass is 457 g/mol. The van der Waals surface area contributed by atoms with Crippen molar-refractivity contribution in [2.24, 2.45) is 5.10 Å². The minimum atomic E-state index is -2.32. The number of hydrogen-bond donors (Lipinski definition) is 0. The smallest absolute Gasteiger partial charge is 0.280 e. The number of amides is 1. The topological polar surface area (TPSA) is 37.6 Å². The third-order valence-corrected chi connectivity index (χ3v) is 5.59. The molecule has 0 N–H and O–H groups in total. The van der Waals surface area contributed by atoms with Crippen LogP contribution in [-0.4, -0.2) is 16.2 Å². The van der Waals surface area contributed by atoms with Crippen molar-refractivity contribution in [3.63, 3.8) is 0 Å². The largest absolute Gasteiger partial charge is 0.332 e. The molecule has 33 heavy (non-hydrogen) atoms. The number of carbonyl (C=O) groups is 1. The number of carbonyl (C=O) groups excluding carboxylic acids is 1. The first-order chi connectivity index (χ1) is 15.6. The predicted molar refractivity (Wildman–Crippen MR) is 115 cm³/mol. The number of halogens is 5. The Balaban J connectivity index is 1.89. The number of anilines is 1. The van der Waals surface area contributed by atoms with Gasteiger partial charge in [0, 0.05) is 16.6 Å². The highest BCUT2D eigenvalue weighted by Crippen LogP contribution is 2.35. The van der Waals surface area contributed by atoms with Crippen molar-refractivity contribution >= 4 is 34.3 Å². The van der Waals surface area contributed by atoms with Gasteiger partial charge in [0.1, 0.15) is 5.69 Å². The third-order valence-electron chi connectivity index (χ3n) is 5.59. The molecular formula is C24H16F5N3O. The number of nitrogens with zero attached hydrogens (tertiary/aromatic N) is 3. The second-order valence-corrected chi connectivity index (χ2v) is 7.54. The molecule has 0 fully saturated rings. The van der Waals surface area contributed by atoms with Crippen LogP contribution in [0.2, 0.25) is 0 Å². The normalized spacial score (nSPS) is 15.0. The van der Waals surface area contributed by atoms with Gasteiger partial charge in [0.2, 0.25) is 5.82 Å². The summed E-state index contributed by atoms with van der Waals surface area (Å²) in [4.78, 5) is 13.0. The molecule has 1 aliphatic heterocycles. The van der Waals surface area contributed by atoms with Crippen molar-refractivity contribution in [1.29, 1.82) is 0 Å². The number of aromatic nitrogens is 1. The first kappa shape index (κ1) is 22.3. The van der Waals surface area contributed by atoms with Gasteiger partial charge >= 0.3 is 0 Å². The van der Waals surface area contributed by atoms with E-state index in [1.54, 1.807) is 6.92 Å². The quantitative estimate of drug-likeness (QED) is 0.171. The molecule has 0 unspecified atom stereocenters. The van der Waals surface area contributed by atoms with Crippen LogP contribution in [-0.2, 0) is 11.3 Å². The first-order valence-electron chi connectivity index (χ1n) is 9.75. The Labute approximate surface area is 185 Å². The molecule has 1 aliphatic rings. The highest BCUT2D eigenvalue weighted by atomic mass is 19.2. The van der Waals surface area contributed by atoms with Gasteiger partial charge in [-0.05, 0) is 32.4 Å². The molecule has 0 atom stereocenters. The Hall–Kier alpha value is -3.93. The van der Waals surface area contributed by atoms with Crippen LogP contribution >= 0.6 is 0 Å². The summed E-state index contributed by atoms with van der Waals surface area (Å²) in [5.74, 6) is -9.37. The molecule has 2 heterocycles. The SMILES string of the molecule is C#CCn1c(C)c(/C=C2/C(=O)N(c3c(F)c(F)c(F)c(F)c3F)N=C2C)c2cccc(C)c21. The van der Waals surface area contributed by atoms with Gasteiger partial charge in [-0.15, -0.1) is 6.42 Å². The van der Waals surface area contributed by atoms with Gasteiger partial charge in [-0.2, -0.15) is 10.1 Å². The molecule has 1 amide bonds. The van der Waals surface area contributed by atoms with Gasteiger partial charge in [0.25, 0.3) is 5.91 Å². The maximum atomic E-state index is 14.3. The molecule has 2 aromatic carbocycles. The van der Waals surface area contributed by atoms with E-state index in [-0.39, 0.29) is 22.8 Å². The number of fused-ring (bicyclic) bond motifs is 1. The lowest BCUT2D eigenvalue weighted by Crippen LogP contribution is -2.25. The van der Waals surface area contributed by atoms with Gasteiger partial charge < -0.3 is 4.57 Å². The summed E-state index contributed by atoms with van der Waals surface area (Å²) < 4.78 is 71.3. The van der Waals surface area contributed by atoms with E-state index in [0.29, 0.717) is 5.56 Å². The van der Waals surface area contributed by atoms with E-state index >= 15 is 0 Å². The number of hydrogen-bond acceptors (Lipinski definition) is 2. The van der Waals surface area contributed by atoms with Crippen molar-refractivity contribution < 1.29 is 26.7 Å². The Morgan fingerprint density at radius 2 is 1.61 bits per heavy atom. The zero-order valence-electron chi connectivity index (χ0n) is 17.7. The van der Waals surface area contributed by atoms with E-state index in [2.05, 4.69) is 11.0 Å². The molecule has 4 rings (SSSR count). The number of para-hydroxylation sites is 1. The van der Waals surface area contributed by atoms with Crippen LogP contribution < -0.4 is 5.01 Å². The van der Waals surface area contributed by atoms with Crippen molar-refractivity contribution in [3.05, 3.63) is 69.7 Å². The van der Waals surface area contributed by atoms with Crippen LogP contribution in [0.5, 0.6) is 0 Å². The molecule has 1 aromatic heterocycles. The van der Waals surface area contributed by atoms with Crippen LogP contribution in [0.4, 0.5) is 27.6 Å². The number of benzene rings is 2. The highest BCUT2D eigenvalue weighted by molar-refractivity contribution is 6.32. The number of aryl methyl sites for hydroxylation is 1. The lowest BCUT2D eigenvalue weighted by atomic mass is 10.0. The summed E-state index contributed by atoms with van der Waals surface area (Å²) in [5.41, 5.74) is 1.73. The summed E-state index contributed by atoms with van der Waals surface area (Å²) in [7, 11) is 0. The van der Waals surface area contributed by atoms with Gasteiger partial charge in [-0.1, -0.05) is 24.1 Å². The van der Waals surface area contributed by atoms with Crippen LogP contribution in [0, 0.1) is 55.3 Å². The second-order valence-electron chi connectivity index (χ2n) is 7.54. The maximum Gasteiger partial charge on any atom is 0.280 e. The molecule has 0 saturated carbocycles. The summed E-state index contributed by atoms with van der Waals surface area (Å²) in [6, 6.07) is 5.57. The number of rotatable bonds is 3. The van der Waals surface area contributed by atoms with E-state index < -0.39 is 40.7 Å². The fourth-order valence-corrected chi connectivity index (χ4v) is 3.97. The summed E-state index contributed by atoms with van der Waals surface area (Å²) in [6.45, 7) is 5.38. The zero-order chi connectivity index (χ0) is 24.2. The zero-order valence-corrected chi connectivity index (χ0v) is 17.7. The molecule has 4 nitrogen and oxygen atoms in total. The lowest BCUT2D eigenvalue weighted by Gasteiger charge is -2.15. The van der Waals surface area contributed by atoms with E-state index in [1.807, 2.05) is 29.7 Å². The molecule has 3 aromatic rings. The number of hydrazone groups is 1. The van der Waals surface area contributed by atoms with E-state index in [0.717, 1.165) is 22.2 Å². The van der Waals surface area contributed by atoms with E-state index in [1.165, 1.54) is 13.0 Å². The van der Waals surface area contributed by atoms with Crippen LogP contribution in [0.25, 0.3) is 17.0 Å². The van der Waals surface area contributed by atoms with Gasteiger partial charge in [0.15, 0.2) is 23.3 Å². The third kappa shape index (κ3) is 3.21.